The molecule has 9 heteroatoms. The van der Waals surface area contributed by atoms with Crippen LogP contribution in [0.3, 0.4) is 0 Å². The lowest BCUT2D eigenvalue weighted by molar-refractivity contribution is 0.128. The molecule has 0 N–H and O–H groups in total. The Hall–Kier alpha value is -4.60. The second-order valence-electron chi connectivity index (χ2n) is 9.60. The maximum Gasteiger partial charge on any atom is 0.271 e. The quantitative estimate of drug-likeness (QED) is 0.376. The van der Waals surface area contributed by atoms with Gasteiger partial charge in [0, 0.05) is 38.4 Å². The third kappa shape index (κ3) is 4.27. The predicted molar refractivity (Wildman–Crippen MR) is 143 cm³/mol. The summed E-state index contributed by atoms with van der Waals surface area (Å²) >= 11 is 0. The van der Waals surface area contributed by atoms with Crippen LogP contribution in [0, 0.1) is 23.7 Å². The van der Waals surface area contributed by atoms with E-state index in [0.29, 0.717) is 29.8 Å². The number of pyridine rings is 3. The zero-order chi connectivity index (χ0) is 27.0. The van der Waals surface area contributed by atoms with E-state index in [1.165, 1.54) is 16.7 Å². The molecule has 3 aromatic heterocycles. The molecule has 0 spiro atoms. The molecule has 0 saturated carbocycles. The van der Waals surface area contributed by atoms with Crippen LogP contribution < -0.4 is 10.5 Å². The van der Waals surface area contributed by atoms with Gasteiger partial charge in [0.25, 0.3) is 11.4 Å². The third-order valence-corrected chi connectivity index (χ3v) is 7.23. The standard InChI is InChI=1S/C29H26FN7O/c1-18-17-37(28-22(15-31)29(38)35(4)24-12-13-25(32-3)34-26(24)28)19(2)16-36(18)27(23-7-5-6-14-33-23)20-8-10-21(30)11-9-20/h5-14,18-19,27H,16-17H2,1-2,4H3/t18-,19+,27?/m1/s1. The smallest absolute Gasteiger partial charge is 0.271 e. The van der Waals surface area contributed by atoms with Gasteiger partial charge in [0.05, 0.1) is 17.3 Å². The van der Waals surface area contributed by atoms with Gasteiger partial charge in [-0.05, 0) is 55.8 Å². The molecule has 1 unspecified atom stereocenters. The number of fused-ring (bicyclic) bond motifs is 1. The van der Waals surface area contributed by atoms with Crippen LogP contribution in [-0.2, 0) is 7.05 Å². The van der Waals surface area contributed by atoms with E-state index in [-0.39, 0.29) is 35.3 Å². The molecule has 1 aromatic carbocycles. The molecule has 5 rings (SSSR count). The molecule has 190 valence electrons. The first-order valence-corrected chi connectivity index (χ1v) is 12.3. The molecule has 0 amide bonds. The van der Waals surface area contributed by atoms with Crippen molar-refractivity contribution in [1.82, 2.24) is 19.4 Å². The molecule has 4 heterocycles. The van der Waals surface area contributed by atoms with E-state index in [2.05, 4.69) is 37.6 Å². The van der Waals surface area contributed by atoms with E-state index >= 15 is 0 Å². The second-order valence-corrected chi connectivity index (χ2v) is 9.60. The van der Waals surface area contributed by atoms with Crippen molar-refractivity contribution in [1.29, 1.82) is 5.26 Å². The van der Waals surface area contributed by atoms with Gasteiger partial charge in [-0.1, -0.05) is 24.8 Å². The average Bonchev–Trinajstić information content (AvgIpc) is 2.94. The van der Waals surface area contributed by atoms with Crippen molar-refractivity contribution in [3.8, 4) is 6.07 Å². The minimum atomic E-state index is -0.396. The zero-order valence-corrected chi connectivity index (χ0v) is 21.3. The molecule has 1 fully saturated rings. The van der Waals surface area contributed by atoms with Gasteiger partial charge in [0.2, 0.25) is 5.52 Å². The van der Waals surface area contributed by atoms with Gasteiger partial charge in [-0.3, -0.25) is 14.7 Å². The topological polar surface area (TPSA) is 82.4 Å². The molecule has 1 aliphatic heterocycles. The first-order chi connectivity index (χ1) is 18.3. The summed E-state index contributed by atoms with van der Waals surface area (Å²) in [6.07, 6.45) is 1.75. The molecular weight excluding hydrogens is 481 g/mol. The van der Waals surface area contributed by atoms with Crippen molar-refractivity contribution >= 4 is 22.5 Å². The summed E-state index contributed by atoms with van der Waals surface area (Å²) < 4.78 is 15.2. The summed E-state index contributed by atoms with van der Waals surface area (Å²) in [6, 6.07) is 17.3. The van der Waals surface area contributed by atoms with Gasteiger partial charge in [0.1, 0.15) is 23.1 Å². The van der Waals surface area contributed by atoms with Crippen LogP contribution in [0.5, 0.6) is 0 Å². The molecular formula is C29H26FN7O. The maximum absolute atomic E-state index is 13.8. The summed E-state index contributed by atoms with van der Waals surface area (Å²) in [4.78, 5) is 30.2. The average molecular weight is 508 g/mol. The van der Waals surface area contributed by atoms with Crippen molar-refractivity contribution in [2.75, 3.05) is 18.0 Å². The van der Waals surface area contributed by atoms with Gasteiger partial charge in [-0.2, -0.15) is 5.26 Å². The van der Waals surface area contributed by atoms with Gasteiger partial charge < -0.3 is 14.3 Å². The predicted octanol–water partition coefficient (Wildman–Crippen LogP) is 4.58. The van der Waals surface area contributed by atoms with E-state index < -0.39 is 5.56 Å². The SMILES string of the molecule is [C-]#[N+]c1ccc2c(n1)c(N1C[C@@H](C)N(C(c3ccc(F)cc3)c3ccccn3)C[C@@H]1C)c(C#N)c(=O)n2C. The number of nitrogens with zero attached hydrogens (tertiary/aromatic N) is 7. The Morgan fingerprint density at radius 2 is 1.87 bits per heavy atom. The largest absolute Gasteiger partial charge is 0.361 e. The Bertz CT molecular complexity index is 1640. The number of aryl methyl sites for hydroxylation is 1. The van der Waals surface area contributed by atoms with Crippen molar-refractivity contribution in [2.45, 2.75) is 32.0 Å². The van der Waals surface area contributed by atoms with Crippen LogP contribution in [0.1, 0.15) is 36.7 Å². The monoisotopic (exact) mass is 507 g/mol. The minimum absolute atomic E-state index is 0.0157. The highest BCUT2D eigenvalue weighted by molar-refractivity contribution is 5.93. The van der Waals surface area contributed by atoms with E-state index in [1.807, 2.05) is 25.1 Å². The van der Waals surface area contributed by atoms with Crippen LogP contribution in [0.2, 0.25) is 0 Å². The molecule has 1 saturated heterocycles. The van der Waals surface area contributed by atoms with Crippen LogP contribution in [0.15, 0.2) is 65.6 Å². The van der Waals surface area contributed by atoms with Crippen LogP contribution in [0.25, 0.3) is 15.9 Å². The zero-order valence-electron chi connectivity index (χ0n) is 21.3. The first kappa shape index (κ1) is 25.1. The van der Waals surface area contributed by atoms with E-state index in [9.17, 15) is 14.4 Å². The lowest BCUT2D eigenvalue weighted by atomic mass is 9.96. The normalized spacial score (nSPS) is 18.6. The van der Waals surface area contributed by atoms with E-state index in [0.717, 1.165) is 11.3 Å². The number of aromatic nitrogens is 3. The highest BCUT2D eigenvalue weighted by Gasteiger charge is 2.38. The molecule has 0 radical (unpaired) electrons. The third-order valence-electron chi connectivity index (χ3n) is 7.23. The molecule has 38 heavy (non-hydrogen) atoms. The van der Waals surface area contributed by atoms with Gasteiger partial charge in [-0.25, -0.2) is 4.39 Å². The highest BCUT2D eigenvalue weighted by atomic mass is 19.1. The lowest BCUT2D eigenvalue weighted by Gasteiger charge is -2.48. The molecule has 4 aromatic rings. The number of hydrogen-bond acceptors (Lipinski definition) is 6. The van der Waals surface area contributed by atoms with Crippen molar-refractivity contribution in [2.24, 2.45) is 7.05 Å². The molecule has 3 atom stereocenters. The molecule has 0 bridgehead atoms. The number of halogens is 1. The lowest BCUT2D eigenvalue weighted by Crippen LogP contribution is -2.58. The summed E-state index contributed by atoms with van der Waals surface area (Å²) in [6.45, 7) is 12.7. The van der Waals surface area contributed by atoms with Crippen LogP contribution in [-0.4, -0.2) is 44.6 Å². The van der Waals surface area contributed by atoms with E-state index in [4.69, 9.17) is 6.57 Å². The maximum atomic E-state index is 13.8. The Balaban J connectivity index is 1.61. The minimum Gasteiger partial charge on any atom is -0.361 e. The number of hydrogen-bond donors (Lipinski definition) is 0. The Labute approximate surface area is 220 Å². The number of nitriles is 1. The second kappa shape index (κ2) is 10.0. The van der Waals surface area contributed by atoms with Crippen LogP contribution >= 0.6 is 0 Å². The van der Waals surface area contributed by atoms with Crippen molar-refractivity contribution < 1.29 is 4.39 Å². The highest BCUT2D eigenvalue weighted by Crippen LogP contribution is 2.36. The fraction of sp³-hybridized carbons (Fsp3) is 0.276. The van der Waals surface area contributed by atoms with Crippen molar-refractivity contribution in [3.05, 3.63) is 105 Å². The van der Waals surface area contributed by atoms with E-state index in [1.54, 1.807) is 37.5 Å². The molecule has 1 aliphatic rings. The van der Waals surface area contributed by atoms with Crippen LogP contribution in [0.4, 0.5) is 15.9 Å². The van der Waals surface area contributed by atoms with Gasteiger partial charge in [-0.15, -0.1) is 4.98 Å². The van der Waals surface area contributed by atoms with Gasteiger partial charge >= 0.3 is 0 Å². The number of benzene rings is 1. The first-order valence-electron chi connectivity index (χ1n) is 12.3. The fourth-order valence-electron chi connectivity index (χ4n) is 5.37. The number of anilines is 1. The van der Waals surface area contributed by atoms with Gasteiger partial charge in [0.15, 0.2) is 0 Å². The van der Waals surface area contributed by atoms with Crippen molar-refractivity contribution in [3.63, 3.8) is 0 Å². The summed E-state index contributed by atoms with van der Waals surface area (Å²) in [5.74, 6) is -0.0974. The Kier molecular flexibility index (Phi) is 6.62. The summed E-state index contributed by atoms with van der Waals surface area (Å²) in [5.41, 5.74) is 2.89. The Morgan fingerprint density at radius 3 is 2.53 bits per heavy atom. The number of piperazine rings is 1. The fourth-order valence-corrected chi connectivity index (χ4v) is 5.37. The number of rotatable bonds is 4. The molecule has 0 aliphatic carbocycles. The Morgan fingerprint density at radius 1 is 1.11 bits per heavy atom. The summed E-state index contributed by atoms with van der Waals surface area (Å²) in [5, 5.41) is 10.0. The molecule has 8 nitrogen and oxygen atoms in total. The summed E-state index contributed by atoms with van der Waals surface area (Å²) in [7, 11) is 1.61.